The second-order valence-electron chi connectivity index (χ2n) is 3.16. The summed E-state index contributed by atoms with van der Waals surface area (Å²) in [6.45, 7) is 1.49. The summed E-state index contributed by atoms with van der Waals surface area (Å²) in [5, 5.41) is 8.72. The Labute approximate surface area is 66.0 Å². The van der Waals surface area contributed by atoms with E-state index in [4.69, 9.17) is 10.8 Å². The maximum atomic E-state index is 10.6. The Balaban J connectivity index is 2.54. The first-order chi connectivity index (χ1) is 5.11. The summed E-state index contributed by atoms with van der Waals surface area (Å²) in [7, 11) is 1.92. The number of nitrogens with zero attached hydrogens (tertiary/aromatic N) is 1. The van der Waals surface area contributed by atoms with Crippen LogP contribution < -0.4 is 5.73 Å². The molecule has 1 rings (SSSR count). The molecule has 0 radical (unpaired) electrons. The summed E-state index contributed by atoms with van der Waals surface area (Å²) < 4.78 is 0. The second-order valence-corrected chi connectivity index (χ2v) is 3.16. The summed E-state index contributed by atoms with van der Waals surface area (Å²) >= 11 is 0. The van der Waals surface area contributed by atoms with Gasteiger partial charge in [0, 0.05) is 12.6 Å². The molecule has 1 aliphatic rings. The third-order valence-corrected chi connectivity index (χ3v) is 2.19. The Morgan fingerprint density at radius 1 is 1.73 bits per heavy atom. The minimum Gasteiger partial charge on any atom is -0.481 e. The van der Waals surface area contributed by atoms with E-state index in [0.717, 1.165) is 13.0 Å². The smallest absolute Gasteiger partial charge is 0.309 e. The van der Waals surface area contributed by atoms with Crippen molar-refractivity contribution in [2.45, 2.75) is 12.5 Å². The van der Waals surface area contributed by atoms with Crippen LogP contribution in [0.1, 0.15) is 6.42 Å². The first-order valence-electron chi connectivity index (χ1n) is 3.78. The van der Waals surface area contributed by atoms with Crippen molar-refractivity contribution in [2.24, 2.45) is 11.7 Å². The van der Waals surface area contributed by atoms with Crippen molar-refractivity contribution in [1.29, 1.82) is 0 Å². The van der Waals surface area contributed by atoms with Crippen molar-refractivity contribution < 1.29 is 9.90 Å². The predicted octanol–water partition coefficient (Wildman–Crippen LogP) is -0.650. The molecule has 0 aromatic rings. The number of carboxylic acids is 1. The summed E-state index contributed by atoms with van der Waals surface area (Å²) in [4.78, 5) is 12.6. The van der Waals surface area contributed by atoms with Gasteiger partial charge in [0.2, 0.25) is 0 Å². The maximum Gasteiger partial charge on any atom is 0.309 e. The number of likely N-dealkylation sites (tertiary alicyclic amines) is 1. The van der Waals surface area contributed by atoms with Gasteiger partial charge in [-0.3, -0.25) is 4.79 Å². The summed E-state index contributed by atoms with van der Waals surface area (Å²) in [6.07, 6.45) is 0.785. The van der Waals surface area contributed by atoms with Gasteiger partial charge in [-0.1, -0.05) is 0 Å². The monoisotopic (exact) mass is 158 g/mol. The highest BCUT2D eigenvalue weighted by Gasteiger charge is 2.30. The zero-order valence-electron chi connectivity index (χ0n) is 6.66. The van der Waals surface area contributed by atoms with Crippen LogP contribution in [0.25, 0.3) is 0 Å². The molecular formula is C7H14N2O2. The van der Waals surface area contributed by atoms with Gasteiger partial charge in [0.25, 0.3) is 0 Å². The van der Waals surface area contributed by atoms with Gasteiger partial charge in [0.15, 0.2) is 0 Å². The summed E-state index contributed by atoms with van der Waals surface area (Å²) in [6, 6.07) is -0.163. The van der Waals surface area contributed by atoms with Gasteiger partial charge < -0.3 is 15.7 Å². The molecule has 0 amide bonds. The van der Waals surface area contributed by atoms with Crippen molar-refractivity contribution >= 4 is 5.97 Å². The van der Waals surface area contributed by atoms with E-state index in [1.165, 1.54) is 0 Å². The van der Waals surface area contributed by atoms with E-state index in [1.54, 1.807) is 0 Å². The van der Waals surface area contributed by atoms with Gasteiger partial charge in [0.1, 0.15) is 0 Å². The first-order valence-corrected chi connectivity index (χ1v) is 3.78. The van der Waals surface area contributed by atoms with E-state index in [1.807, 2.05) is 11.9 Å². The number of rotatable bonds is 1. The fourth-order valence-corrected chi connectivity index (χ4v) is 1.39. The van der Waals surface area contributed by atoms with Gasteiger partial charge in [-0.15, -0.1) is 0 Å². The zero-order chi connectivity index (χ0) is 8.43. The Morgan fingerprint density at radius 3 is 2.82 bits per heavy atom. The molecule has 0 aliphatic carbocycles. The molecule has 3 N–H and O–H groups in total. The predicted molar refractivity (Wildman–Crippen MR) is 41.2 cm³/mol. The molecule has 0 bridgehead atoms. The fraction of sp³-hybridized carbons (Fsp3) is 0.857. The molecule has 0 saturated carbocycles. The number of aliphatic carboxylic acids is 1. The highest BCUT2D eigenvalue weighted by Crippen LogP contribution is 2.13. The topological polar surface area (TPSA) is 66.6 Å². The van der Waals surface area contributed by atoms with Crippen molar-refractivity contribution in [3.05, 3.63) is 0 Å². The van der Waals surface area contributed by atoms with Gasteiger partial charge in [-0.25, -0.2) is 0 Å². The molecule has 0 spiro atoms. The van der Waals surface area contributed by atoms with Crippen LogP contribution in [-0.2, 0) is 4.79 Å². The van der Waals surface area contributed by atoms with Crippen LogP contribution in [-0.4, -0.2) is 42.2 Å². The molecule has 0 unspecified atom stereocenters. The van der Waals surface area contributed by atoms with Gasteiger partial charge >= 0.3 is 5.97 Å². The van der Waals surface area contributed by atoms with Crippen LogP contribution >= 0.6 is 0 Å². The molecule has 2 atom stereocenters. The maximum absolute atomic E-state index is 10.6. The Morgan fingerprint density at radius 2 is 2.36 bits per heavy atom. The molecule has 1 aliphatic heterocycles. The minimum atomic E-state index is -0.774. The number of carbonyl (C=O) groups is 1. The molecule has 4 heteroatoms. The Bertz CT molecular complexity index is 161. The lowest BCUT2D eigenvalue weighted by Crippen LogP contribution is -2.48. The Kier molecular flexibility index (Phi) is 2.46. The summed E-state index contributed by atoms with van der Waals surface area (Å²) in [5.74, 6) is -1.15. The SMILES string of the molecule is CN1CC[C@@H](N)[C@@H](C(=O)O)C1. The number of hydrogen-bond acceptors (Lipinski definition) is 3. The highest BCUT2D eigenvalue weighted by atomic mass is 16.4. The normalized spacial score (nSPS) is 33.6. The van der Waals surface area contributed by atoms with Gasteiger partial charge in [0.05, 0.1) is 5.92 Å². The molecule has 64 valence electrons. The van der Waals surface area contributed by atoms with E-state index in [-0.39, 0.29) is 12.0 Å². The second kappa shape index (κ2) is 3.19. The quantitative estimate of drug-likeness (QED) is 0.532. The molecule has 11 heavy (non-hydrogen) atoms. The minimum absolute atomic E-state index is 0.163. The van der Waals surface area contributed by atoms with Crippen LogP contribution in [0.2, 0.25) is 0 Å². The van der Waals surface area contributed by atoms with E-state index >= 15 is 0 Å². The largest absolute Gasteiger partial charge is 0.481 e. The summed E-state index contributed by atoms with van der Waals surface area (Å²) in [5.41, 5.74) is 5.63. The Hall–Kier alpha value is -0.610. The highest BCUT2D eigenvalue weighted by molar-refractivity contribution is 5.71. The fourth-order valence-electron chi connectivity index (χ4n) is 1.39. The standard InChI is InChI=1S/C7H14N2O2/c1-9-3-2-6(8)5(4-9)7(10)11/h5-6H,2-4,8H2,1H3,(H,10,11)/t5-,6+/m0/s1. The number of nitrogens with two attached hydrogens (primary N) is 1. The average molecular weight is 158 g/mol. The number of piperidine rings is 1. The van der Waals surface area contributed by atoms with Crippen molar-refractivity contribution in [3.63, 3.8) is 0 Å². The molecule has 4 nitrogen and oxygen atoms in total. The average Bonchev–Trinajstić information content (AvgIpc) is 1.94. The molecule has 0 aromatic heterocycles. The van der Waals surface area contributed by atoms with E-state index in [2.05, 4.69) is 0 Å². The molecule has 1 heterocycles. The van der Waals surface area contributed by atoms with Gasteiger partial charge in [-0.05, 0) is 20.0 Å². The molecule has 1 saturated heterocycles. The number of hydrogen-bond donors (Lipinski definition) is 2. The zero-order valence-corrected chi connectivity index (χ0v) is 6.66. The van der Waals surface area contributed by atoms with Crippen LogP contribution in [0.4, 0.5) is 0 Å². The van der Waals surface area contributed by atoms with E-state index < -0.39 is 5.97 Å². The number of carboxylic acid groups (broad SMARTS) is 1. The van der Waals surface area contributed by atoms with Gasteiger partial charge in [-0.2, -0.15) is 0 Å². The lowest BCUT2D eigenvalue weighted by molar-refractivity contribution is -0.144. The van der Waals surface area contributed by atoms with Crippen LogP contribution in [0.15, 0.2) is 0 Å². The lowest BCUT2D eigenvalue weighted by atomic mass is 9.93. The first kappa shape index (κ1) is 8.49. The lowest BCUT2D eigenvalue weighted by Gasteiger charge is -2.31. The van der Waals surface area contributed by atoms with Crippen molar-refractivity contribution in [2.75, 3.05) is 20.1 Å². The van der Waals surface area contributed by atoms with Crippen LogP contribution in [0, 0.1) is 5.92 Å². The van der Waals surface area contributed by atoms with Crippen molar-refractivity contribution in [1.82, 2.24) is 4.90 Å². The third kappa shape index (κ3) is 1.91. The van der Waals surface area contributed by atoms with Crippen LogP contribution in [0.5, 0.6) is 0 Å². The molecule has 0 aromatic carbocycles. The third-order valence-electron chi connectivity index (χ3n) is 2.19. The van der Waals surface area contributed by atoms with Crippen LogP contribution in [0.3, 0.4) is 0 Å². The molecular weight excluding hydrogens is 144 g/mol. The van der Waals surface area contributed by atoms with E-state index in [0.29, 0.717) is 6.54 Å². The molecule has 1 fully saturated rings. The van der Waals surface area contributed by atoms with E-state index in [9.17, 15) is 4.79 Å². The van der Waals surface area contributed by atoms with Crippen molar-refractivity contribution in [3.8, 4) is 0 Å².